The summed E-state index contributed by atoms with van der Waals surface area (Å²) in [6.07, 6.45) is 1.97. The first-order chi connectivity index (χ1) is 8.06. The van der Waals surface area contributed by atoms with Crippen LogP contribution in [0.15, 0.2) is 0 Å². The number of rotatable bonds is 5. The van der Waals surface area contributed by atoms with Crippen LogP contribution >= 0.6 is 0 Å². The van der Waals surface area contributed by atoms with E-state index in [1.54, 1.807) is 6.92 Å². The number of hydrogen-bond acceptors (Lipinski definition) is 4. The fraction of sp³-hybridized carbons (Fsp3) is 0.833. The van der Waals surface area contributed by atoms with Gasteiger partial charge in [0.2, 0.25) is 5.91 Å². The van der Waals surface area contributed by atoms with Crippen LogP contribution in [0.5, 0.6) is 0 Å². The van der Waals surface area contributed by atoms with Gasteiger partial charge < -0.3 is 14.8 Å². The summed E-state index contributed by atoms with van der Waals surface area (Å²) in [7, 11) is 0. The van der Waals surface area contributed by atoms with Gasteiger partial charge in [-0.25, -0.2) is 0 Å². The van der Waals surface area contributed by atoms with Gasteiger partial charge in [-0.3, -0.25) is 9.59 Å². The lowest BCUT2D eigenvalue weighted by Gasteiger charge is -2.34. The summed E-state index contributed by atoms with van der Waals surface area (Å²) >= 11 is 0. The highest BCUT2D eigenvalue weighted by Gasteiger charge is 2.28. The minimum absolute atomic E-state index is 0.0950. The maximum atomic E-state index is 11.7. The molecule has 0 atom stereocenters. The van der Waals surface area contributed by atoms with Crippen molar-refractivity contribution in [1.29, 1.82) is 0 Å². The molecular formula is C12H21NO4. The number of amides is 1. The van der Waals surface area contributed by atoms with Crippen molar-refractivity contribution >= 4 is 11.9 Å². The first-order valence-corrected chi connectivity index (χ1v) is 6.10. The minimum Gasteiger partial charge on any atom is -0.466 e. The molecule has 1 heterocycles. The van der Waals surface area contributed by atoms with Crippen molar-refractivity contribution < 1.29 is 19.1 Å². The van der Waals surface area contributed by atoms with Gasteiger partial charge >= 0.3 is 5.97 Å². The molecule has 1 aliphatic rings. The zero-order valence-electron chi connectivity index (χ0n) is 10.6. The van der Waals surface area contributed by atoms with Gasteiger partial charge in [-0.05, 0) is 26.7 Å². The summed E-state index contributed by atoms with van der Waals surface area (Å²) in [4.78, 5) is 22.8. The molecule has 0 unspecified atom stereocenters. The molecule has 1 saturated heterocycles. The average molecular weight is 243 g/mol. The number of carbonyl (C=O) groups excluding carboxylic acids is 2. The largest absolute Gasteiger partial charge is 0.466 e. The molecule has 5 heteroatoms. The average Bonchev–Trinajstić information content (AvgIpc) is 2.27. The molecule has 0 saturated carbocycles. The number of nitrogens with one attached hydrogen (secondary N) is 1. The Kier molecular flexibility index (Phi) is 5.41. The van der Waals surface area contributed by atoms with Crippen molar-refractivity contribution in [3.05, 3.63) is 0 Å². The summed E-state index contributed by atoms with van der Waals surface area (Å²) in [6.45, 7) is 5.47. The van der Waals surface area contributed by atoms with Crippen molar-refractivity contribution in [3.63, 3.8) is 0 Å². The molecule has 0 aromatic carbocycles. The Morgan fingerprint density at radius 3 is 2.53 bits per heavy atom. The summed E-state index contributed by atoms with van der Waals surface area (Å²) in [5.41, 5.74) is -0.190. The van der Waals surface area contributed by atoms with Gasteiger partial charge in [-0.15, -0.1) is 0 Å². The van der Waals surface area contributed by atoms with Gasteiger partial charge in [0.25, 0.3) is 0 Å². The van der Waals surface area contributed by atoms with Crippen molar-refractivity contribution in [1.82, 2.24) is 5.32 Å². The van der Waals surface area contributed by atoms with Crippen molar-refractivity contribution in [2.75, 3.05) is 19.8 Å². The van der Waals surface area contributed by atoms with Crippen LogP contribution in [0.25, 0.3) is 0 Å². The van der Waals surface area contributed by atoms with Crippen LogP contribution in [-0.2, 0) is 19.1 Å². The van der Waals surface area contributed by atoms with Gasteiger partial charge in [-0.2, -0.15) is 0 Å². The Morgan fingerprint density at radius 2 is 1.94 bits per heavy atom. The Balaban J connectivity index is 2.26. The van der Waals surface area contributed by atoms with Crippen LogP contribution < -0.4 is 5.32 Å². The highest BCUT2D eigenvalue weighted by molar-refractivity contribution is 5.81. The summed E-state index contributed by atoms with van der Waals surface area (Å²) in [6, 6.07) is 0. The lowest BCUT2D eigenvalue weighted by atomic mass is 9.92. The lowest BCUT2D eigenvalue weighted by Crippen LogP contribution is -2.49. The topological polar surface area (TPSA) is 64.6 Å². The Morgan fingerprint density at radius 1 is 1.29 bits per heavy atom. The molecule has 0 aromatic rings. The Labute approximate surface area is 102 Å². The van der Waals surface area contributed by atoms with Crippen LogP contribution in [0.4, 0.5) is 0 Å². The smallest absolute Gasteiger partial charge is 0.306 e. The van der Waals surface area contributed by atoms with E-state index in [0.717, 1.165) is 12.8 Å². The summed E-state index contributed by atoms with van der Waals surface area (Å²) in [5.74, 6) is -0.415. The van der Waals surface area contributed by atoms with E-state index in [4.69, 9.17) is 9.47 Å². The number of carbonyl (C=O) groups is 2. The zero-order chi connectivity index (χ0) is 12.7. The molecule has 1 rings (SSSR count). The standard InChI is InChI=1S/C12H21NO4/c1-3-17-11(15)5-4-10(14)13-12(2)6-8-16-9-7-12/h3-9H2,1-2H3,(H,13,14). The van der Waals surface area contributed by atoms with Gasteiger partial charge in [-0.1, -0.05) is 0 Å². The second-order valence-electron chi connectivity index (χ2n) is 4.53. The molecule has 0 spiro atoms. The fourth-order valence-corrected chi connectivity index (χ4v) is 1.79. The molecular weight excluding hydrogens is 222 g/mol. The molecule has 0 radical (unpaired) electrons. The fourth-order valence-electron chi connectivity index (χ4n) is 1.79. The normalized spacial score (nSPS) is 18.5. The maximum Gasteiger partial charge on any atom is 0.306 e. The predicted octanol–water partition coefficient (Wildman–Crippen LogP) is 1.01. The lowest BCUT2D eigenvalue weighted by molar-refractivity contribution is -0.144. The van der Waals surface area contributed by atoms with Gasteiger partial charge in [0.15, 0.2) is 0 Å². The molecule has 1 amide bonds. The molecule has 17 heavy (non-hydrogen) atoms. The predicted molar refractivity (Wildman–Crippen MR) is 62.5 cm³/mol. The minimum atomic E-state index is -0.320. The highest BCUT2D eigenvalue weighted by Crippen LogP contribution is 2.19. The summed E-state index contributed by atoms with van der Waals surface area (Å²) in [5, 5.41) is 2.97. The Hall–Kier alpha value is -1.10. The monoisotopic (exact) mass is 243 g/mol. The molecule has 0 aromatic heterocycles. The second-order valence-corrected chi connectivity index (χ2v) is 4.53. The van der Waals surface area contributed by atoms with Crippen LogP contribution in [0, 0.1) is 0 Å². The van der Waals surface area contributed by atoms with E-state index >= 15 is 0 Å². The van der Waals surface area contributed by atoms with Crippen LogP contribution in [0.1, 0.15) is 39.5 Å². The third kappa shape index (κ3) is 5.17. The molecule has 5 nitrogen and oxygen atoms in total. The van der Waals surface area contributed by atoms with Crippen LogP contribution in [0.2, 0.25) is 0 Å². The molecule has 98 valence electrons. The van der Waals surface area contributed by atoms with E-state index in [2.05, 4.69) is 5.32 Å². The zero-order valence-corrected chi connectivity index (χ0v) is 10.6. The van der Waals surface area contributed by atoms with Gasteiger partial charge in [0, 0.05) is 25.2 Å². The maximum absolute atomic E-state index is 11.7. The van der Waals surface area contributed by atoms with E-state index in [1.165, 1.54) is 0 Å². The first kappa shape index (κ1) is 14.0. The molecule has 1 N–H and O–H groups in total. The Bertz CT molecular complexity index is 272. The van der Waals surface area contributed by atoms with E-state index in [-0.39, 0.29) is 30.3 Å². The van der Waals surface area contributed by atoms with E-state index < -0.39 is 0 Å². The number of esters is 1. The third-order valence-corrected chi connectivity index (χ3v) is 2.90. The van der Waals surface area contributed by atoms with Gasteiger partial charge in [0.05, 0.1) is 13.0 Å². The SMILES string of the molecule is CCOC(=O)CCC(=O)NC1(C)CCOCC1. The van der Waals surface area contributed by atoms with Crippen molar-refractivity contribution in [2.45, 2.75) is 45.1 Å². The molecule has 0 bridgehead atoms. The van der Waals surface area contributed by atoms with Crippen molar-refractivity contribution in [2.24, 2.45) is 0 Å². The second kappa shape index (κ2) is 6.59. The van der Waals surface area contributed by atoms with E-state index in [9.17, 15) is 9.59 Å². The first-order valence-electron chi connectivity index (χ1n) is 6.10. The van der Waals surface area contributed by atoms with Crippen LogP contribution in [0.3, 0.4) is 0 Å². The van der Waals surface area contributed by atoms with E-state index in [0.29, 0.717) is 19.8 Å². The van der Waals surface area contributed by atoms with E-state index in [1.807, 2.05) is 6.92 Å². The number of ether oxygens (including phenoxy) is 2. The van der Waals surface area contributed by atoms with Crippen molar-refractivity contribution in [3.8, 4) is 0 Å². The van der Waals surface area contributed by atoms with Crippen LogP contribution in [-0.4, -0.2) is 37.2 Å². The van der Waals surface area contributed by atoms with Gasteiger partial charge in [0.1, 0.15) is 0 Å². The molecule has 1 fully saturated rings. The molecule has 1 aliphatic heterocycles. The number of hydrogen-bond donors (Lipinski definition) is 1. The summed E-state index contributed by atoms with van der Waals surface area (Å²) < 4.78 is 10.0. The highest BCUT2D eigenvalue weighted by atomic mass is 16.5. The quantitative estimate of drug-likeness (QED) is 0.732. The third-order valence-electron chi connectivity index (χ3n) is 2.90. The molecule has 0 aliphatic carbocycles.